The molecule has 0 bridgehead atoms. The highest BCUT2D eigenvalue weighted by molar-refractivity contribution is 9.10. The molecule has 0 aliphatic carbocycles. The Morgan fingerprint density at radius 2 is 2.08 bits per heavy atom. The van der Waals surface area contributed by atoms with E-state index in [0.29, 0.717) is 6.07 Å². The average Bonchev–Trinajstić information content (AvgIpc) is 2.01. The molecule has 12 heavy (non-hydrogen) atoms. The quantitative estimate of drug-likeness (QED) is 0.600. The molecule has 1 aromatic rings. The van der Waals surface area contributed by atoms with Crippen molar-refractivity contribution in [3.8, 4) is 5.75 Å². The van der Waals surface area contributed by atoms with Crippen LogP contribution in [0.15, 0.2) is 10.5 Å². The molecule has 0 spiro atoms. The van der Waals surface area contributed by atoms with Crippen LogP contribution in [0.1, 0.15) is 10.4 Å². The topological polar surface area (TPSA) is 37.3 Å². The Morgan fingerprint density at radius 1 is 1.50 bits per heavy atom. The van der Waals surface area contributed by atoms with E-state index in [0.717, 1.165) is 0 Å². The summed E-state index contributed by atoms with van der Waals surface area (Å²) >= 11 is 2.65. The highest BCUT2D eigenvalue weighted by Crippen LogP contribution is 2.29. The summed E-state index contributed by atoms with van der Waals surface area (Å²) in [6, 6.07) is 0.664. The van der Waals surface area contributed by atoms with Crippen molar-refractivity contribution in [1.82, 2.24) is 0 Å². The number of carbonyl (C=O) groups excluding carboxylic acids is 1. The van der Waals surface area contributed by atoms with Crippen molar-refractivity contribution in [1.29, 1.82) is 0 Å². The van der Waals surface area contributed by atoms with Gasteiger partial charge >= 0.3 is 0 Å². The lowest BCUT2D eigenvalue weighted by atomic mass is 10.2. The molecule has 0 aliphatic heterocycles. The predicted molar refractivity (Wildman–Crippen MR) is 41.1 cm³/mol. The lowest BCUT2D eigenvalue weighted by molar-refractivity contribution is 0.111. The summed E-state index contributed by atoms with van der Waals surface area (Å²) in [5.41, 5.74) is -0.695. The van der Waals surface area contributed by atoms with Gasteiger partial charge in [0.15, 0.2) is 12.1 Å². The van der Waals surface area contributed by atoms with E-state index >= 15 is 0 Å². The van der Waals surface area contributed by atoms with Gasteiger partial charge in [0, 0.05) is 6.07 Å². The van der Waals surface area contributed by atoms with Crippen molar-refractivity contribution in [3.05, 3.63) is 27.7 Å². The number of aromatic hydroxyl groups is 1. The summed E-state index contributed by atoms with van der Waals surface area (Å²) in [5, 5.41) is 8.86. The normalized spacial score (nSPS) is 9.92. The molecule has 0 atom stereocenters. The number of hydrogen-bond acceptors (Lipinski definition) is 2. The van der Waals surface area contributed by atoms with E-state index in [4.69, 9.17) is 5.11 Å². The van der Waals surface area contributed by atoms with Gasteiger partial charge in [-0.15, -0.1) is 0 Å². The average molecular weight is 237 g/mol. The SMILES string of the molecule is O=Cc1c(F)cc(O)c(Br)c1F. The van der Waals surface area contributed by atoms with E-state index in [1.54, 1.807) is 0 Å². The van der Waals surface area contributed by atoms with Crippen molar-refractivity contribution in [3.63, 3.8) is 0 Å². The van der Waals surface area contributed by atoms with Gasteiger partial charge in [-0.3, -0.25) is 4.79 Å². The molecule has 0 aromatic heterocycles. The Bertz CT molecular complexity index is 339. The van der Waals surface area contributed by atoms with Crippen molar-refractivity contribution in [2.75, 3.05) is 0 Å². The highest BCUT2D eigenvalue weighted by Gasteiger charge is 2.15. The van der Waals surface area contributed by atoms with Crippen molar-refractivity contribution >= 4 is 22.2 Å². The molecule has 1 N–H and O–H groups in total. The second-order valence-electron chi connectivity index (χ2n) is 2.04. The van der Waals surface area contributed by atoms with Crippen LogP contribution >= 0.6 is 15.9 Å². The number of hydrogen-bond donors (Lipinski definition) is 1. The fourth-order valence-corrected chi connectivity index (χ4v) is 1.03. The molecule has 2 nitrogen and oxygen atoms in total. The van der Waals surface area contributed by atoms with Gasteiger partial charge in [0.05, 0.1) is 10.0 Å². The van der Waals surface area contributed by atoms with Crippen LogP contribution in [0.3, 0.4) is 0 Å². The molecule has 0 fully saturated rings. The number of phenols is 1. The molecule has 0 aliphatic rings. The minimum Gasteiger partial charge on any atom is -0.507 e. The van der Waals surface area contributed by atoms with Crippen molar-refractivity contribution in [2.45, 2.75) is 0 Å². The smallest absolute Gasteiger partial charge is 0.156 e. The van der Waals surface area contributed by atoms with Gasteiger partial charge < -0.3 is 5.11 Å². The third kappa shape index (κ3) is 1.32. The second kappa shape index (κ2) is 3.18. The fourth-order valence-electron chi connectivity index (χ4n) is 0.705. The molecular formula is C7H3BrF2O2. The fraction of sp³-hybridized carbons (Fsp3) is 0. The van der Waals surface area contributed by atoms with Gasteiger partial charge in [0.2, 0.25) is 0 Å². The first kappa shape index (κ1) is 9.12. The minimum atomic E-state index is -1.09. The number of phenolic OH excluding ortho intramolecular Hbond substituents is 1. The number of aldehydes is 1. The van der Waals surface area contributed by atoms with E-state index in [1.807, 2.05) is 0 Å². The first-order chi connectivity index (χ1) is 5.57. The summed E-state index contributed by atoms with van der Waals surface area (Å²) < 4.78 is 25.2. The van der Waals surface area contributed by atoms with Crippen LogP contribution in [0.4, 0.5) is 8.78 Å². The van der Waals surface area contributed by atoms with Gasteiger partial charge in [0.25, 0.3) is 0 Å². The van der Waals surface area contributed by atoms with Crippen LogP contribution in [-0.2, 0) is 0 Å². The van der Waals surface area contributed by atoms with Gasteiger partial charge in [0.1, 0.15) is 11.6 Å². The Kier molecular flexibility index (Phi) is 2.42. The number of carbonyl (C=O) groups is 1. The molecule has 1 aromatic carbocycles. The van der Waals surface area contributed by atoms with Gasteiger partial charge in [-0.2, -0.15) is 0 Å². The van der Waals surface area contributed by atoms with Crippen LogP contribution < -0.4 is 0 Å². The predicted octanol–water partition coefficient (Wildman–Crippen LogP) is 2.25. The maximum atomic E-state index is 12.8. The summed E-state index contributed by atoms with van der Waals surface area (Å²) in [4.78, 5) is 10.1. The molecule has 0 saturated carbocycles. The lowest BCUT2D eigenvalue weighted by Crippen LogP contribution is -1.94. The van der Waals surface area contributed by atoms with E-state index in [-0.39, 0.29) is 10.8 Å². The van der Waals surface area contributed by atoms with Gasteiger partial charge in [-0.1, -0.05) is 0 Å². The van der Waals surface area contributed by atoms with Crippen LogP contribution in [-0.4, -0.2) is 11.4 Å². The zero-order valence-electron chi connectivity index (χ0n) is 5.64. The Labute approximate surface area is 75.0 Å². The van der Waals surface area contributed by atoms with Crippen LogP contribution in [0, 0.1) is 11.6 Å². The van der Waals surface area contributed by atoms with E-state index < -0.39 is 22.9 Å². The molecule has 64 valence electrons. The zero-order chi connectivity index (χ0) is 9.30. The lowest BCUT2D eigenvalue weighted by Gasteiger charge is -2.01. The number of halogens is 3. The highest BCUT2D eigenvalue weighted by atomic mass is 79.9. The molecule has 0 heterocycles. The number of rotatable bonds is 1. The first-order valence-corrected chi connectivity index (χ1v) is 3.69. The summed E-state index contributed by atoms with van der Waals surface area (Å²) in [6.45, 7) is 0. The van der Waals surface area contributed by atoms with E-state index in [1.165, 1.54) is 0 Å². The van der Waals surface area contributed by atoms with E-state index in [9.17, 15) is 13.6 Å². The molecule has 0 saturated heterocycles. The van der Waals surface area contributed by atoms with Gasteiger partial charge in [-0.05, 0) is 15.9 Å². The summed E-state index contributed by atoms with van der Waals surface area (Å²) in [7, 11) is 0. The molecular weight excluding hydrogens is 234 g/mol. The molecule has 0 radical (unpaired) electrons. The number of benzene rings is 1. The Balaban J connectivity index is 3.51. The second-order valence-corrected chi connectivity index (χ2v) is 2.83. The van der Waals surface area contributed by atoms with Crippen LogP contribution in [0.5, 0.6) is 5.75 Å². The molecule has 1 rings (SSSR count). The standard InChI is InChI=1S/C7H3BrF2O2/c8-6-5(12)1-4(9)3(2-11)7(6)10/h1-2,12H. The third-order valence-electron chi connectivity index (χ3n) is 1.29. The van der Waals surface area contributed by atoms with Crippen molar-refractivity contribution in [2.24, 2.45) is 0 Å². The van der Waals surface area contributed by atoms with Crippen molar-refractivity contribution < 1.29 is 18.7 Å². The summed E-state index contributed by atoms with van der Waals surface area (Å²) in [5.74, 6) is -2.75. The van der Waals surface area contributed by atoms with Crippen LogP contribution in [0.2, 0.25) is 0 Å². The Hall–Kier alpha value is -0.970. The largest absolute Gasteiger partial charge is 0.507 e. The first-order valence-electron chi connectivity index (χ1n) is 2.89. The van der Waals surface area contributed by atoms with Crippen LogP contribution in [0.25, 0.3) is 0 Å². The summed E-state index contributed by atoms with van der Waals surface area (Å²) in [6.07, 6.45) is 0.0505. The Morgan fingerprint density at radius 3 is 2.58 bits per heavy atom. The zero-order valence-corrected chi connectivity index (χ0v) is 7.23. The monoisotopic (exact) mass is 236 g/mol. The van der Waals surface area contributed by atoms with E-state index in [2.05, 4.69) is 15.9 Å². The maximum absolute atomic E-state index is 12.8. The minimum absolute atomic E-state index is 0.0505. The molecule has 5 heteroatoms. The van der Waals surface area contributed by atoms with Gasteiger partial charge in [-0.25, -0.2) is 8.78 Å². The molecule has 0 unspecified atom stereocenters. The third-order valence-corrected chi connectivity index (χ3v) is 2.05. The maximum Gasteiger partial charge on any atom is 0.156 e. The molecule has 0 amide bonds.